The van der Waals surface area contributed by atoms with Gasteiger partial charge in [0.25, 0.3) is 0 Å². The number of nitrogens with one attached hydrogen (secondary N) is 1. The minimum Gasteiger partial charge on any atom is -1.00 e. The van der Waals surface area contributed by atoms with Crippen LogP contribution in [0.3, 0.4) is 0 Å². The second-order valence-electron chi connectivity index (χ2n) is 3.56. The predicted octanol–water partition coefficient (Wildman–Crippen LogP) is -3.48. The molecule has 1 aliphatic rings. The second kappa shape index (κ2) is 7.18. The van der Waals surface area contributed by atoms with Gasteiger partial charge in [0.05, 0.1) is 0 Å². The average molecular weight is 290 g/mol. The van der Waals surface area contributed by atoms with Gasteiger partial charge in [-0.3, -0.25) is 0 Å². The van der Waals surface area contributed by atoms with Crippen LogP contribution < -0.4 is 28.8 Å². The molecule has 0 saturated heterocycles. The maximum atomic E-state index is 3.29. The summed E-state index contributed by atoms with van der Waals surface area (Å²) in [7, 11) is 0. The van der Waals surface area contributed by atoms with E-state index >= 15 is 0 Å². The normalized spacial score (nSPS) is 12.4. The molecule has 0 bridgehead atoms. The van der Waals surface area contributed by atoms with Crippen molar-refractivity contribution in [2.45, 2.75) is 13.8 Å². The number of allylic oxidation sites excluding steroid dienone is 6. The number of hydrogen-bond acceptors (Lipinski definition) is 0. The molecule has 0 unspecified atom stereocenters. The van der Waals surface area contributed by atoms with Crippen LogP contribution in [0.2, 0.25) is 0 Å². The van der Waals surface area contributed by atoms with Gasteiger partial charge in [-0.1, -0.05) is 0 Å². The third-order valence-corrected chi connectivity index (χ3v) is 4.23. The average Bonchev–Trinajstić information content (AvgIpc) is 2.75. The van der Waals surface area contributed by atoms with Crippen LogP contribution in [-0.4, -0.2) is 4.98 Å². The molecule has 1 N–H and O–H groups in total. The molecule has 2 rings (SSSR count). The molecule has 1 aliphatic carbocycles. The van der Waals surface area contributed by atoms with Gasteiger partial charge < -0.3 is 24.8 Å². The number of aromatic amines is 1. The van der Waals surface area contributed by atoms with Crippen molar-refractivity contribution in [3.05, 3.63) is 51.6 Å². The summed E-state index contributed by atoms with van der Waals surface area (Å²) < 4.78 is 2.94. The first-order valence-corrected chi connectivity index (χ1v) is 6.30. The summed E-state index contributed by atoms with van der Waals surface area (Å²) in [5.74, 6) is 0. The van der Waals surface area contributed by atoms with Crippen molar-refractivity contribution in [3.63, 3.8) is 0 Å². The van der Waals surface area contributed by atoms with Crippen LogP contribution in [0.4, 0.5) is 0 Å². The van der Waals surface area contributed by atoms with E-state index in [1.54, 1.807) is 0 Å². The van der Waals surface area contributed by atoms with Gasteiger partial charge in [-0.25, -0.2) is 0 Å². The summed E-state index contributed by atoms with van der Waals surface area (Å²) in [6.45, 7) is 4.36. The van der Waals surface area contributed by atoms with Gasteiger partial charge in [-0.05, 0) is 0 Å². The van der Waals surface area contributed by atoms with Crippen LogP contribution in [0.15, 0.2) is 51.6 Å². The van der Waals surface area contributed by atoms with Gasteiger partial charge >= 0.3 is 93.6 Å². The summed E-state index contributed by atoms with van der Waals surface area (Å²) in [6, 6.07) is 4.26. The zero-order valence-electron chi connectivity index (χ0n) is 9.22. The Morgan fingerprint density at radius 1 is 1.25 bits per heavy atom. The molecule has 0 amide bonds. The van der Waals surface area contributed by atoms with Crippen molar-refractivity contribution in [2.75, 3.05) is 0 Å². The molecule has 1 aromatic heterocycles. The maximum absolute atomic E-state index is 3.29. The third-order valence-electron chi connectivity index (χ3n) is 2.22. The fourth-order valence-electron chi connectivity index (χ4n) is 1.52. The zero-order chi connectivity index (χ0) is 9.97. The van der Waals surface area contributed by atoms with Crippen LogP contribution in [-0.2, 0) is 19.2 Å². The number of aromatic nitrogens is 1. The molecule has 1 aromatic rings. The maximum Gasteiger partial charge on any atom is -1.00 e. The van der Waals surface area contributed by atoms with Crippen LogP contribution >= 0.6 is 0 Å². The summed E-state index contributed by atoms with van der Waals surface area (Å²) in [4.78, 5) is 3.29. The number of halogens is 2. The van der Waals surface area contributed by atoms with Crippen LogP contribution in [0.25, 0.3) is 0 Å². The van der Waals surface area contributed by atoms with E-state index in [9.17, 15) is 0 Å². The third kappa shape index (κ3) is 3.67. The van der Waals surface area contributed by atoms with E-state index < -0.39 is 0 Å². The van der Waals surface area contributed by atoms with Crippen molar-refractivity contribution in [2.24, 2.45) is 0 Å². The first kappa shape index (κ1) is 15.8. The molecule has 0 saturated carbocycles. The Morgan fingerprint density at radius 3 is 2.56 bits per heavy atom. The number of hydrogen-bond donors (Lipinski definition) is 1. The van der Waals surface area contributed by atoms with E-state index in [0.29, 0.717) is 0 Å². The smallest absolute Gasteiger partial charge is 1.00 e. The SMILES string of the molecule is CC(C)=C1C=CC=[C]1[Ti+2][c]1ccc[nH]1.[Cl-].[Cl-]. The molecule has 16 heavy (non-hydrogen) atoms. The van der Waals surface area contributed by atoms with Crippen molar-refractivity contribution in [3.8, 4) is 0 Å². The first-order valence-electron chi connectivity index (χ1n) is 4.74. The molecule has 1 nitrogen and oxygen atoms in total. The second-order valence-corrected chi connectivity index (χ2v) is 5.63. The summed E-state index contributed by atoms with van der Waals surface area (Å²) >= 11 is -0.168. The van der Waals surface area contributed by atoms with E-state index in [1.165, 1.54) is 19.0 Å². The van der Waals surface area contributed by atoms with Gasteiger partial charge in [0.1, 0.15) is 0 Å². The Balaban J connectivity index is 0.00000112. The van der Waals surface area contributed by atoms with Crippen molar-refractivity contribution < 1.29 is 44.0 Å². The van der Waals surface area contributed by atoms with Gasteiger partial charge in [0, 0.05) is 0 Å². The van der Waals surface area contributed by atoms with E-state index in [0.717, 1.165) is 0 Å². The van der Waals surface area contributed by atoms with Crippen LogP contribution in [0.1, 0.15) is 13.8 Å². The first-order chi connectivity index (χ1) is 6.77. The molecular formula is C12H13Cl2NTi. The molecule has 0 spiro atoms. The predicted molar refractivity (Wildman–Crippen MR) is 56.0 cm³/mol. The van der Waals surface area contributed by atoms with Gasteiger partial charge in [-0.15, -0.1) is 0 Å². The molecule has 0 radical (unpaired) electrons. The summed E-state index contributed by atoms with van der Waals surface area (Å²) in [5.41, 5.74) is 2.86. The minimum atomic E-state index is -0.168. The van der Waals surface area contributed by atoms with Gasteiger partial charge in [-0.2, -0.15) is 0 Å². The van der Waals surface area contributed by atoms with Crippen LogP contribution in [0, 0.1) is 0 Å². The Kier molecular flexibility index (Phi) is 7.09. The van der Waals surface area contributed by atoms with Gasteiger partial charge in [0.15, 0.2) is 0 Å². The molecule has 0 fully saturated rings. The van der Waals surface area contributed by atoms with E-state index in [1.807, 2.05) is 6.20 Å². The zero-order valence-corrected chi connectivity index (χ0v) is 12.3. The number of rotatable bonds is 2. The summed E-state index contributed by atoms with van der Waals surface area (Å²) in [6.07, 6.45) is 8.63. The van der Waals surface area contributed by atoms with Crippen LogP contribution in [0.5, 0.6) is 0 Å². The van der Waals surface area contributed by atoms with E-state index in [4.69, 9.17) is 0 Å². The Labute approximate surface area is 118 Å². The largest absolute Gasteiger partial charge is 1.00 e. The van der Waals surface area contributed by atoms with E-state index in [-0.39, 0.29) is 44.0 Å². The Bertz CT molecular complexity index is 412. The topological polar surface area (TPSA) is 15.8 Å². The molecule has 1 heterocycles. The molecule has 0 atom stereocenters. The molecular weight excluding hydrogens is 277 g/mol. The Hall–Kier alpha value is -0.206. The monoisotopic (exact) mass is 289 g/mol. The fourth-order valence-corrected chi connectivity index (χ4v) is 3.51. The number of H-pyrrole nitrogens is 1. The molecule has 4 heteroatoms. The van der Waals surface area contributed by atoms with Crippen molar-refractivity contribution >= 4 is 4.00 Å². The Morgan fingerprint density at radius 2 is 2.00 bits per heavy atom. The fraction of sp³-hybridized carbons (Fsp3) is 0.167. The van der Waals surface area contributed by atoms with E-state index in [2.05, 4.69) is 49.2 Å². The quantitative estimate of drug-likeness (QED) is 0.545. The standard InChI is InChI=1S/C8H9.C4H4N.2ClH.Ti/c1-7(2)8-5-3-4-6-8;1-2-4-5-3-1;;;/h3-5H,1-2H3;1-3,5H;2*1H;/q;;;;+2/p-2. The molecule has 0 aromatic carbocycles. The molecule has 0 aliphatic heterocycles. The summed E-state index contributed by atoms with van der Waals surface area (Å²) in [5, 5.41) is 0. The van der Waals surface area contributed by atoms with Crippen molar-refractivity contribution in [1.29, 1.82) is 0 Å². The van der Waals surface area contributed by atoms with Crippen molar-refractivity contribution in [1.82, 2.24) is 4.98 Å². The molecule has 84 valence electrons. The minimum absolute atomic E-state index is 0. The van der Waals surface area contributed by atoms with Gasteiger partial charge in [0.2, 0.25) is 0 Å².